The maximum Gasteiger partial charge on any atom is 0.343 e. The lowest BCUT2D eigenvalue weighted by molar-refractivity contribution is -0.142. The molecule has 0 fully saturated rings. The predicted molar refractivity (Wildman–Crippen MR) is 104 cm³/mol. The second kappa shape index (κ2) is 8.17. The molecule has 0 atom stereocenters. The highest BCUT2D eigenvalue weighted by Gasteiger charge is 2.11. The molecule has 0 aliphatic rings. The van der Waals surface area contributed by atoms with E-state index in [9.17, 15) is 9.59 Å². The van der Waals surface area contributed by atoms with Crippen molar-refractivity contribution in [3.05, 3.63) is 56.4 Å². The Balaban J connectivity index is 1.92. The Kier molecular flexibility index (Phi) is 5.68. The van der Waals surface area contributed by atoms with E-state index in [0.29, 0.717) is 16.6 Å². The van der Waals surface area contributed by atoms with Crippen LogP contribution in [0.5, 0.6) is 5.75 Å². The number of halogens is 2. The van der Waals surface area contributed by atoms with Crippen molar-refractivity contribution in [1.82, 2.24) is 9.97 Å². The second-order valence-corrected chi connectivity index (χ2v) is 6.29. The molecule has 0 aliphatic carbocycles. The molecule has 2 aromatic heterocycles. The SMILES string of the molecule is COC(=O)COc1cc2cc(Nc3nc(Cl)c(C#N)cc3Cl)ccc2[nH]c1=O. The molecule has 8 nitrogen and oxygen atoms in total. The zero-order valence-electron chi connectivity index (χ0n) is 14.4. The van der Waals surface area contributed by atoms with Gasteiger partial charge in [-0.3, -0.25) is 4.79 Å². The first kappa shape index (κ1) is 19.5. The zero-order chi connectivity index (χ0) is 20.3. The highest BCUT2D eigenvalue weighted by Crippen LogP contribution is 2.29. The lowest BCUT2D eigenvalue weighted by Gasteiger charge is -2.10. The van der Waals surface area contributed by atoms with Gasteiger partial charge in [0.05, 0.1) is 17.7 Å². The molecule has 28 heavy (non-hydrogen) atoms. The number of carbonyl (C=O) groups excluding carboxylic acids is 1. The minimum atomic E-state index is -0.603. The zero-order valence-corrected chi connectivity index (χ0v) is 15.9. The molecule has 3 aromatic rings. The summed E-state index contributed by atoms with van der Waals surface area (Å²) in [6, 6.07) is 9.93. The van der Waals surface area contributed by atoms with E-state index in [4.69, 9.17) is 33.2 Å². The van der Waals surface area contributed by atoms with E-state index in [0.717, 1.165) is 0 Å². The van der Waals surface area contributed by atoms with Crippen molar-refractivity contribution in [2.75, 3.05) is 19.0 Å². The van der Waals surface area contributed by atoms with Gasteiger partial charge in [-0.05, 0) is 30.3 Å². The van der Waals surface area contributed by atoms with Crippen molar-refractivity contribution < 1.29 is 14.3 Å². The Bertz CT molecular complexity index is 1170. The average molecular weight is 419 g/mol. The van der Waals surface area contributed by atoms with Gasteiger partial charge >= 0.3 is 5.97 Å². The van der Waals surface area contributed by atoms with Crippen LogP contribution < -0.4 is 15.6 Å². The van der Waals surface area contributed by atoms with Gasteiger partial charge in [0.1, 0.15) is 11.2 Å². The molecule has 3 rings (SSSR count). The van der Waals surface area contributed by atoms with Crippen LogP contribution in [0.2, 0.25) is 10.2 Å². The Morgan fingerprint density at radius 3 is 2.82 bits per heavy atom. The Morgan fingerprint density at radius 1 is 1.32 bits per heavy atom. The van der Waals surface area contributed by atoms with E-state index in [-0.39, 0.29) is 33.9 Å². The van der Waals surface area contributed by atoms with E-state index in [2.05, 4.69) is 20.0 Å². The topological polar surface area (TPSA) is 117 Å². The van der Waals surface area contributed by atoms with E-state index in [1.165, 1.54) is 19.2 Å². The number of rotatable bonds is 5. The van der Waals surface area contributed by atoms with Crippen LogP contribution in [-0.2, 0) is 9.53 Å². The lowest BCUT2D eigenvalue weighted by Crippen LogP contribution is -2.17. The number of aromatic nitrogens is 2. The number of anilines is 2. The Morgan fingerprint density at radius 2 is 2.11 bits per heavy atom. The summed E-state index contributed by atoms with van der Waals surface area (Å²) in [5.41, 5.74) is 0.868. The lowest BCUT2D eigenvalue weighted by atomic mass is 10.2. The minimum absolute atomic E-state index is 0.0207. The molecule has 1 aromatic carbocycles. The second-order valence-electron chi connectivity index (χ2n) is 5.52. The fourth-order valence-electron chi connectivity index (χ4n) is 2.34. The van der Waals surface area contributed by atoms with Crippen LogP contribution in [0.15, 0.2) is 35.1 Å². The van der Waals surface area contributed by atoms with Crippen molar-refractivity contribution in [3.63, 3.8) is 0 Å². The van der Waals surface area contributed by atoms with Gasteiger partial charge in [-0.2, -0.15) is 5.26 Å². The number of benzene rings is 1. The molecule has 2 heterocycles. The monoisotopic (exact) mass is 418 g/mol. The van der Waals surface area contributed by atoms with E-state index in [1.54, 1.807) is 18.2 Å². The number of pyridine rings is 2. The molecule has 0 unspecified atom stereocenters. The van der Waals surface area contributed by atoms with Crippen molar-refractivity contribution in [1.29, 1.82) is 5.26 Å². The van der Waals surface area contributed by atoms with Crippen LogP contribution in [0, 0.1) is 11.3 Å². The summed E-state index contributed by atoms with van der Waals surface area (Å²) in [5.74, 6) is -0.349. The number of nitrogens with one attached hydrogen (secondary N) is 2. The third-order valence-corrected chi connectivity index (χ3v) is 4.27. The molecule has 10 heteroatoms. The number of methoxy groups -OCH3 is 1. The smallest absolute Gasteiger partial charge is 0.343 e. The summed E-state index contributed by atoms with van der Waals surface area (Å²) < 4.78 is 9.68. The van der Waals surface area contributed by atoms with Crippen molar-refractivity contribution >= 4 is 51.6 Å². The fraction of sp³-hybridized carbons (Fsp3) is 0.111. The summed E-state index contributed by atoms with van der Waals surface area (Å²) in [5, 5.41) is 12.9. The summed E-state index contributed by atoms with van der Waals surface area (Å²) in [7, 11) is 1.23. The summed E-state index contributed by atoms with van der Waals surface area (Å²) in [4.78, 5) is 30.0. The van der Waals surface area contributed by atoms with E-state index < -0.39 is 11.5 Å². The quantitative estimate of drug-likeness (QED) is 0.481. The fourth-order valence-corrected chi connectivity index (χ4v) is 2.72. The number of hydrogen-bond donors (Lipinski definition) is 2. The molecule has 2 N–H and O–H groups in total. The van der Waals surface area contributed by atoms with Gasteiger partial charge in [-0.25, -0.2) is 9.78 Å². The van der Waals surface area contributed by atoms with Gasteiger partial charge in [0, 0.05) is 16.6 Å². The predicted octanol–water partition coefficient (Wildman–Crippen LogP) is 3.40. The van der Waals surface area contributed by atoms with Crippen LogP contribution in [0.4, 0.5) is 11.5 Å². The largest absolute Gasteiger partial charge is 0.476 e. The molecule has 0 saturated carbocycles. The maximum atomic E-state index is 12.0. The number of nitriles is 1. The molecule has 0 spiro atoms. The van der Waals surface area contributed by atoms with Gasteiger partial charge in [0.2, 0.25) is 0 Å². The third kappa shape index (κ3) is 4.17. The van der Waals surface area contributed by atoms with E-state index >= 15 is 0 Å². The molecule has 0 bridgehead atoms. The minimum Gasteiger partial charge on any atom is -0.476 e. The van der Waals surface area contributed by atoms with Crippen molar-refractivity contribution in [2.24, 2.45) is 0 Å². The van der Waals surface area contributed by atoms with Gasteiger partial charge < -0.3 is 19.8 Å². The van der Waals surface area contributed by atoms with Crippen LogP contribution in [0.25, 0.3) is 10.9 Å². The van der Waals surface area contributed by atoms with Crippen LogP contribution >= 0.6 is 23.2 Å². The van der Waals surface area contributed by atoms with Crippen molar-refractivity contribution in [2.45, 2.75) is 0 Å². The number of esters is 1. The summed E-state index contributed by atoms with van der Waals surface area (Å²) in [6.07, 6.45) is 0. The van der Waals surface area contributed by atoms with Gasteiger partial charge in [0.15, 0.2) is 18.2 Å². The number of fused-ring (bicyclic) bond motifs is 1. The highest BCUT2D eigenvalue weighted by atomic mass is 35.5. The first-order valence-electron chi connectivity index (χ1n) is 7.81. The Hall–Kier alpha value is -3.28. The number of H-pyrrole nitrogens is 1. The molecular formula is C18H12Cl2N4O4. The maximum absolute atomic E-state index is 12.0. The third-order valence-electron chi connectivity index (χ3n) is 3.70. The normalized spacial score (nSPS) is 10.4. The van der Waals surface area contributed by atoms with Crippen LogP contribution in [0.3, 0.4) is 0 Å². The standard InChI is InChI=1S/C18H12Cl2N4O4/c1-27-15(25)8-28-14-6-9-4-11(2-3-13(9)23-18(14)26)22-17-12(19)5-10(7-21)16(20)24-17/h2-6H,8H2,1H3,(H,22,24)(H,23,26). The molecule has 0 radical (unpaired) electrons. The molecular weight excluding hydrogens is 407 g/mol. The average Bonchev–Trinajstić information content (AvgIpc) is 2.68. The number of hydrogen-bond acceptors (Lipinski definition) is 7. The molecule has 0 amide bonds. The van der Waals surface area contributed by atoms with Gasteiger partial charge in [0.25, 0.3) is 5.56 Å². The molecule has 0 saturated heterocycles. The number of carbonyl (C=O) groups is 1. The van der Waals surface area contributed by atoms with Gasteiger partial charge in [-0.1, -0.05) is 23.2 Å². The summed E-state index contributed by atoms with van der Waals surface area (Å²) >= 11 is 12.1. The first-order valence-corrected chi connectivity index (χ1v) is 8.56. The van der Waals surface area contributed by atoms with E-state index in [1.807, 2.05) is 6.07 Å². The number of ether oxygens (including phenoxy) is 2. The number of aromatic amines is 1. The summed E-state index contributed by atoms with van der Waals surface area (Å²) in [6.45, 7) is -0.383. The van der Waals surface area contributed by atoms with Gasteiger partial charge in [-0.15, -0.1) is 0 Å². The molecule has 142 valence electrons. The number of nitrogens with zero attached hydrogens (tertiary/aromatic N) is 2. The molecule has 0 aliphatic heterocycles. The van der Waals surface area contributed by atoms with Crippen molar-refractivity contribution in [3.8, 4) is 11.8 Å². The van der Waals surface area contributed by atoms with Crippen LogP contribution in [0.1, 0.15) is 5.56 Å². The van der Waals surface area contributed by atoms with Crippen LogP contribution in [-0.4, -0.2) is 29.7 Å². The first-order chi connectivity index (χ1) is 13.4. The highest BCUT2D eigenvalue weighted by molar-refractivity contribution is 6.35. The Labute approximate surface area is 168 Å².